The number of ketones is 1. The summed E-state index contributed by atoms with van der Waals surface area (Å²) in [7, 11) is 10.0. The molecule has 0 spiro atoms. The molecule has 6 aromatic rings. The van der Waals surface area contributed by atoms with Gasteiger partial charge in [-0.2, -0.15) is 0 Å². The highest BCUT2D eigenvalue weighted by Crippen LogP contribution is 2.30. The largest absolute Gasteiger partial charge is 0.467 e. The fraction of sp³-hybridized carbons (Fsp3) is 0.218. The third-order valence-corrected chi connectivity index (χ3v) is 13.2. The highest BCUT2D eigenvalue weighted by atomic mass is 35.5. The number of nitrogens with one attached hydrogen (secondary N) is 2. The van der Waals surface area contributed by atoms with Crippen molar-refractivity contribution in [3.8, 4) is 0 Å². The van der Waals surface area contributed by atoms with Crippen LogP contribution in [0.5, 0.6) is 0 Å². The van der Waals surface area contributed by atoms with E-state index in [1.807, 2.05) is 50.1 Å². The van der Waals surface area contributed by atoms with Crippen molar-refractivity contribution in [2.45, 2.75) is 37.8 Å². The van der Waals surface area contributed by atoms with Crippen molar-refractivity contribution in [1.82, 2.24) is 10.6 Å². The number of rotatable bonds is 16. The monoisotopic (exact) mass is 1080 g/mol. The van der Waals surface area contributed by atoms with Crippen molar-refractivity contribution < 1.29 is 43.0 Å². The third kappa shape index (κ3) is 13.6. The number of esters is 2. The maximum Gasteiger partial charge on any atom is 0.328 e. The molecule has 19 heteroatoms. The number of fused-ring (bicyclic) bond motifs is 1. The number of carbonyl (C=O) groups is 7. The zero-order chi connectivity index (χ0) is 54.0. The van der Waals surface area contributed by atoms with E-state index in [1.165, 1.54) is 26.4 Å². The quantitative estimate of drug-likeness (QED) is 0.0361. The van der Waals surface area contributed by atoms with Gasteiger partial charge in [0, 0.05) is 75.6 Å². The summed E-state index contributed by atoms with van der Waals surface area (Å²) in [5.74, 6) is -3.29. The summed E-state index contributed by atoms with van der Waals surface area (Å²) >= 11 is 24.5. The highest BCUT2D eigenvalue weighted by molar-refractivity contribution is 6.40. The van der Waals surface area contributed by atoms with Crippen LogP contribution >= 0.6 is 46.4 Å². The van der Waals surface area contributed by atoms with Crippen LogP contribution in [-0.2, 0) is 49.5 Å². The van der Waals surface area contributed by atoms with Crippen LogP contribution in [0.25, 0.3) is 0 Å². The number of ether oxygens (including phenoxy) is 2. The fourth-order valence-corrected chi connectivity index (χ4v) is 9.02. The molecular weight excluding hydrogens is 1030 g/mol. The second kappa shape index (κ2) is 25.0. The van der Waals surface area contributed by atoms with Gasteiger partial charge in [-0.3, -0.25) is 24.0 Å². The third-order valence-electron chi connectivity index (χ3n) is 11.9. The molecule has 0 fully saturated rings. The number of halogens is 4. The van der Waals surface area contributed by atoms with Gasteiger partial charge in [-0.05, 0) is 89.0 Å². The average Bonchev–Trinajstić information content (AvgIpc) is 3.36. The number of anilines is 4. The van der Waals surface area contributed by atoms with E-state index in [2.05, 4.69) is 10.6 Å². The lowest BCUT2D eigenvalue weighted by atomic mass is 9.96. The van der Waals surface area contributed by atoms with Gasteiger partial charge in [-0.25, -0.2) is 14.5 Å². The first-order chi connectivity index (χ1) is 35.2. The molecule has 1 heterocycles. The van der Waals surface area contributed by atoms with Gasteiger partial charge in [-0.1, -0.05) is 101 Å². The first-order valence-electron chi connectivity index (χ1n) is 22.8. The molecule has 2 atom stereocenters. The molecule has 384 valence electrons. The van der Waals surface area contributed by atoms with Crippen LogP contribution in [0.3, 0.4) is 0 Å². The molecule has 1 aliphatic heterocycles. The summed E-state index contributed by atoms with van der Waals surface area (Å²) in [6.45, 7) is 0. The Morgan fingerprint density at radius 1 is 0.608 bits per heavy atom. The van der Waals surface area contributed by atoms with Gasteiger partial charge in [0.1, 0.15) is 12.1 Å². The second-order valence-electron chi connectivity index (χ2n) is 17.4. The van der Waals surface area contributed by atoms with Crippen molar-refractivity contribution in [2.24, 2.45) is 0 Å². The summed E-state index contributed by atoms with van der Waals surface area (Å²) in [6.07, 6.45) is 0.547. The lowest BCUT2D eigenvalue weighted by molar-refractivity contribution is -0.143. The van der Waals surface area contributed by atoms with Gasteiger partial charge in [0.2, 0.25) is 5.91 Å². The zero-order valence-electron chi connectivity index (χ0n) is 41.1. The zero-order valence-corrected chi connectivity index (χ0v) is 44.2. The Morgan fingerprint density at radius 3 is 1.50 bits per heavy atom. The molecule has 0 aromatic heterocycles. The number of nitrogens with zero attached hydrogens (tertiary/aromatic N) is 3. The van der Waals surface area contributed by atoms with Crippen LogP contribution in [0.15, 0.2) is 121 Å². The molecule has 4 N–H and O–H groups in total. The van der Waals surface area contributed by atoms with Crippen molar-refractivity contribution in [3.63, 3.8) is 0 Å². The Labute approximate surface area is 448 Å². The summed E-state index contributed by atoms with van der Waals surface area (Å²) in [6, 6.07) is 32.0. The Kier molecular flexibility index (Phi) is 18.9. The lowest BCUT2D eigenvalue weighted by Crippen LogP contribution is -2.43. The maximum absolute atomic E-state index is 13.3. The Balaban J connectivity index is 0.000000241. The minimum absolute atomic E-state index is 0.0555. The van der Waals surface area contributed by atoms with Gasteiger partial charge in [-0.15, -0.1) is 0 Å². The fourth-order valence-electron chi connectivity index (χ4n) is 7.88. The normalized spacial score (nSPS) is 12.5. The van der Waals surface area contributed by atoms with Crippen LogP contribution in [-0.4, -0.2) is 95.8 Å². The molecule has 7 rings (SSSR count). The highest BCUT2D eigenvalue weighted by Gasteiger charge is 2.33. The van der Waals surface area contributed by atoms with Crippen molar-refractivity contribution in [1.29, 1.82) is 0 Å². The van der Waals surface area contributed by atoms with E-state index in [0.29, 0.717) is 33.6 Å². The molecule has 15 nitrogen and oxygen atoms in total. The van der Waals surface area contributed by atoms with E-state index < -0.39 is 41.7 Å². The molecule has 0 radical (unpaired) electrons. The summed E-state index contributed by atoms with van der Waals surface area (Å²) in [4.78, 5) is 94.4. The standard InChI is InChI=1S/C28H25Cl2N3O5.C27H27Cl2N3O4/c1-32(2)19-12-9-17-14-24(34)33(27(36)20(17)15-19)18-10-7-16(8-11-18)13-23(28(37)38-3)31-26(35)25-21(29)5-4-6-22(25)30;1-32(2)18-11-12-22(30)19(15-18)24(33)14-17-9-7-16(8-10-17)13-23(27(35)36-3)31-26(34)25-20(28)5-4-6-21(25)29/h4-12,15,23H,13-14H2,1-3H3,(H,31,35);4-12,15,23H,13-14,30H2,1-3H3,(H,31,34)/t2*23-/m00/s1. The summed E-state index contributed by atoms with van der Waals surface area (Å²) < 4.78 is 9.73. The number of hydrogen-bond donors (Lipinski definition) is 3. The van der Waals surface area contributed by atoms with Gasteiger partial charge in [0.15, 0.2) is 5.78 Å². The number of nitrogens with two attached hydrogens (primary N) is 1. The van der Waals surface area contributed by atoms with Gasteiger partial charge < -0.3 is 35.6 Å². The second-order valence-corrected chi connectivity index (χ2v) is 19.0. The molecule has 0 unspecified atom stereocenters. The topological polar surface area (TPSA) is 198 Å². The van der Waals surface area contributed by atoms with E-state index >= 15 is 0 Å². The first kappa shape index (κ1) is 55.9. The van der Waals surface area contributed by atoms with Crippen LogP contribution in [0.4, 0.5) is 22.7 Å². The molecule has 6 aromatic carbocycles. The number of amides is 4. The Bertz CT molecular complexity index is 3070. The van der Waals surface area contributed by atoms with E-state index in [1.54, 1.807) is 97.1 Å². The van der Waals surface area contributed by atoms with E-state index in [-0.39, 0.29) is 68.6 Å². The number of imide groups is 1. The van der Waals surface area contributed by atoms with Crippen LogP contribution in [0.2, 0.25) is 20.1 Å². The van der Waals surface area contributed by atoms with E-state index in [4.69, 9.17) is 61.6 Å². The summed E-state index contributed by atoms with van der Waals surface area (Å²) in [5.41, 5.74) is 12.6. The van der Waals surface area contributed by atoms with Crippen molar-refractivity contribution in [2.75, 3.05) is 62.8 Å². The van der Waals surface area contributed by atoms with Crippen molar-refractivity contribution >= 4 is 111 Å². The SMILES string of the molecule is COC(=O)[C@H](Cc1ccc(CC(=O)c2cc(N(C)C)ccc2N)cc1)NC(=O)c1c(Cl)cccc1Cl.COC(=O)[C@H](Cc1ccc(N2C(=O)Cc3ccc(N(C)C)cc3C2=O)cc1)NC(=O)c1c(Cl)cccc1Cl. The number of benzene rings is 6. The van der Waals surface area contributed by atoms with Crippen LogP contribution in [0.1, 0.15) is 63.7 Å². The predicted molar refractivity (Wildman–Crippen MR) is 289 cm³/mol. The van der Waals surface area contributed by atoms with Crippen LogP contribution in [0, 0.1) is 0 Å². The number of carbonyl (C=O) groups excluding carboxylic acids is 7. The Hall–Kier alpha value is -7.43. The number of Topliss-reactive ketones (excluding diaryl/α,β-unsaturated/α-hetero) is 1. The first-order valence-corrected chi connectivity index (χ1v) is 24.3. The van der Waals surface area contributed by atoms with Crippen LogP contribution < -0.4 is 31.1 Å². The molecule has 4 amide bonds. The Morgan fingerprint density at radius 2 is 1.04 bits per heavy atom. The number of methoxy groups -OCH3 is 2. The van der Waals surface area contributed by atoms with Crippen molar-refractivity contribution in [3.05, 3.63) is 186 Å². The number of nitrogen functional groups attached to an aromatic ring is 1. The van der Waals surface area contributed by atoms with Gasteiger partial charge in [0.05, 0.1) is 57.5 Å². The predicted octanol–water partition coefficient (Wildman–Crippen LogP) is 8.88. The molecular formula is C55H52Cl4N6O9. The number of hydrogen-bond acceptors (Lipinski definition) is 12. The molecule has 0 saturated carbocycles. The van der Waals surface area contributed by atoms with E-state index in [9.17, 15) is 33.6 Å². The molecule has 0 saturated heterocycles. The molecule has 0 bridgehead atoms. The van der Waals surface area contributed by atoms with Gasteiger partial charge in [0.25, 0.3) is 17.7 Å². The van der Waals surface area contributed by atoms with E-state index in [0.717, 1.165) is 27.4 Å². The molecule has 1 aliphatic rings. The lowest BCUT2D eigenvalue weighted by Gasteiger charge is -2.28. The molecule has 0 aliphatic carbocycles. The minimum atomic E-state index is -1.03. The average molecular weight is 1080 g/mol. The molecule has 74 heavy (non-hydrogen) atoms. The smallest absolute Gasteiger partial charge is 0.328 e. The minimum Gasteiger partial charge on any atom is -0.467 e. The maximum atomic E-state index is 13.3. The van der Waals surface area contributed by atoms with Gasteiger partial charge >= 0.3 is 11.9 Å². The summed E-state index contributed by atoms with van der Waals surface area (Å²) in [5, 5.41) is 5.93.